The highest BCUT2D eigenvalue weighted by molar-refractivity contribution is 5.64. The van der Waals surface area contributed by atoms with Gasteiger partial charge in [0.25, 0.3) is 0 Å². The van der Waals surface area contributed by atoms with Crippen molar-refractivity contribution < 1.29 is 9.84 Å². The topological polar surface area (TPSA) is 56.4 Å². The maximum Gasteiger partial charge on any atom is 0.332 e. The van der Waals surface area contributed by atoms with E-state index >= 15 is 0 Å². The Morgan fingerprint density at radius 2 is 1.85 bits per heavy atom. The quantitative estimate of drug-likeness (QED) is 0.508. The second-order valence-electron chi connectivity index (χ2n) is 9.21. The van der Waals surface area contributed by atoms with Crippen molar-refractivity contribution in [2.24, 2.45) is 0 Å². The molecule has 0 unspecified atom stereocenters. The van der Waals surface area contributed by atoms with Crippen LogP contribution in [0.25, 0.3) is 6.08 Å². The van der Waals surface area contributed by atoms with Crippen LogP contribution in [0.15, 0.2) is 53.8 Å². The number of hydrogen-bond acceptors (Lipinski definition) is 3. The van der Waals surface area contributed by atoms with Crippen LogP contribution >= 0.6 is 0 Å². The van der Waals surface area contributed by atoms with Gasteiger partial charge in [-0.15, -0.1) is 0 Å². The van der Waals surface area contributed by atoms with Gasteiger partial charge in [0, 0.05) is 18.0 Å². The monoisotopic (exact) mass is 444 g/mol. The first kappa shape index (κ1) is 21.6. The Balaban J connectivity index is 1.55. The molecule has 0 saturated heterocycles. The molecule has 5 rings (SSSR count). The van der Waals surface area contributed by atoms with Crippen molar-refractivity contribution in [1.29, 1.82) is 0 Å². The molecule has 1 aliphatic carbocycles. The molecule has 5 nitrogen and oxygen atoms in total. The number of rotatable bonds is 6. The third-order valence-corrected chi connectivity index (χ3v) is 7.33. The zero-order chi connectivity index (χ0) is 22.9. The second-order valence-corrected chi connectivity index (χ2v) is 9.21. The van der Waals surface area contributed by atoms with Gasteiger partial charge in [0.15, 0.2) is 0 Å². The molecule has 1 aliphatic heterocycles. The lowest BCUT2D eigenvalue weighted by atomic mass is 9.87. The molecule has 1 fully saturated rings. The van der Waals surface area contributed by atoms with E-state index < -0.39 is 0 Å². The summed E-state index contributed by atoms with van der Waals surface area (Å²) in [6, 6.07) is 14.2. The Kier molecular flexibility index (Phi) is 5.88. The first-order chi connectivity index (χ1) is 16.1. The molecular formula is C28H32N2O3. The smallest absolute Gasteiger partial charge is 0.332 e. The van der Waals surface area contributed by atoms with Crippen molar-refractivity contribution in [3.8, 4) is 11.6 Å². The third-order valence-electron chi connectivity index (χ3n) is 7.33. The average molecular weight is 445 g/mol. The lowest BCUT2D eigenvalue weighted by Gasteiger charge is -2.29. The first-order valence-corrected chi connectivity index (χ1v) is 12.1. The van der Waals surface area contributed by atoms with Gasteiger partial charge in [0.1, 0.15) is 12.4 Å². The molecular weight excluding hydrogens is 412 g/mol. The van der Waals surface area contributed by atoms with Gasteiger partial charge in [-0.05, 0) is 42.0 Å². The maximum atomic E-state index is 13.5. The molecule has 0 bridgehead atoms. The number of ether oxygens (including phenoxy) is 1. The van der Waals surface area contributed by atoms with E-state index in [2.05, 4.69) is 19.6 Å². The molecule has 0 radical (unpaired) electrons. The third kappa shape index (κ3) is 3.69. The van der Waals surface area contributed by atoms with E-state index in [4.69, 9.17) is 4.74 Å². The number of benzene rings is 2. The fraction of sp³-hybridized carbons (Fsp3) is 0.393. The molecule has 172 valence electrons. The van der Waals surface area contributed by atoms with Gasteiger partial charge in [-0.2, -0.15) is 0 Å². The second kappa shape index (κ2) is 8.97. The molecule has 5 heteroatoms. The molecule has 0 amide bonds. The van der Waals surface area contributed by atoms with Gasteiger partial charge < -0.3 is 9.84 Å². The van der Waals surface area contributed by atoms with Crippen LogP contribution < -0.4 is 10.4 Å². The Morgan fingerprint density at radius 3 is 2.55 bits per heavy atom. The summed E-state index contributed by atoms with van der Waals surface area (Å²) >= 11 is 0. The fourth-order valence-electron chi connectivity index (χ4n) is 5.69. The van der Waals surface area contributed by atoms with E-state index in [1.807, 2.05) is 47.0 Å². The Hall–Kier alpha value is -3.21. The lowest BCUT2D eigenvalue weighted by molar-refractivity contribution is 0.305. The van der Waals surface area contributed by atoms with Crippen molar-refractivity contribution >= 4 is 6.08 Å². The summed E-state index contributed by atoms with van der Waals surface area (Å²) in [6.45, 7) is 6.64. The number of aromatic nitrogens is 2. The molecule has 3 aromatic rings. The SMILES string of the molecule is C=Cc1c(OCc2ccccc2)ccc2c1Cc1c(O)n(C3CCCCC3)c(=O)n1[C@@H]2CC. The Morgan fingerprint density at radius 1 is 1.09 bits per heavy atom. The normalized spacial score (nSPS) is 17.9. The van der Waals surface area contributed by atoms with Gasteiger partial charge in [-0.3, -0.25) is 9.13 Å². The Labute approximate surface area is 195 Å². The number of aromatic hydroxyl groups is 1. The number of fused-ring (bicyclic) bond motifs is 2. The highest BCUT2D eigenvalue weighted by Crippen LogP contribution is 2.42. The van der Waals surface area contributed by atoms with E-state index in [0.717, 1.165) is 60.1 Å². The molecule has 2 aliphatic rings. The summed E-state index contributed by atoms with van der Waals surface area (Å²) in [6.07, 6.45) is 8.44. The average Bonchev–Trinajstić information content (AvgIpc) is 3.11. The van der Waals surface area contributed by atoms with Crippen molar-refractivity contribution in [1.82, 2.24) is 9.13 Å². The minimum atomic E-state index is -0.103. The van der Waals surface area contributed by atoms with Crippen LogP contribution in [0.3, 0.4) is 0 Å². The van der Waals surface area contributed by atoms with Crippen LogP contribution in [0.5, 0.6) is 11.6 Å². The fourth-order valence-corrected chi connectivity index (χ4v) is 5.69. The first-order valence-electron chi connectivity index (χ1n) is 12.1. The molecule has 2 aromatic carbocycles. The van der Waals surface area contributed by atoms with Crippen molar-refractivity contribution in [3.63, 3.8) is 0 Å². The minimum absolute atomic E-state index is 0.0727. The van der Waals surface area contributed by atoms with Gasteiger partial charge in [0.05, 0.1) is 11.7 Å². The van der Waals surface area contributed by atoms with Gasteiger partial charge in [0.2, 0.25) is 5.88 Å². The molecule has 1 atom stereocenters. The summed E-state index contributed by atoms with van der Waals surface area (Å²) in [5, 5.41) is 11.2. The van der Waals surface area contributed by atoms with E-state index in [0.29, 0.717) is 18.7 Å². The standard InChI is InChI=1S/C28H32N2O3/c1-3-21-23-17-25-27(31)29(20-13-9-6-10-14-20)28(32)30(25)24(4-2)22(23)15-16-26(21)33-18-19-11-7-5-8-12-19/h3,5,7-8,11-12,15-16,20,24,31H,1,4,6,9-10,13-14,17-18H2,2H3/t24-/m1/s1. The summed E-state index contributed by atoms with van der Waals surface area (Å²) in [4.78, 5) is 13.5. The van der Waals surface area contributed by atoms with E-state index in [9.17, 15) is 9.90 Å². The van der Waals surface area contributed by atoms with E-state index in [-0.39, 0.29) is 23.7 Å². The number of hydrogen-bond donors (Lipinski definition) is 1. The van der Waals surface area contributed by atoms with E-state index in [1.165, 1.54) is 6.42 Å². The van der Waals surface area contributed by atoms with Crippen LogP contribution in [0.1, 0.15) is 85.5 Å². The molecule has 2 heterocycles. The van der Waals surface area contributed by atoms with Crippen molar-refractivity contribution in [2.75, 3.05) is 0 Å². The molecule has 1 N–H and O–H groups in total. The molecule has 1 saturated carbocycles. The molecule has 0 spiro atoms. The van der Waals surface area contributed by atoms with Crippen LogP contribution in [0.2, 0.25) is 0 Å². The summed E-state index contributed by atoms with van der Waals surface area (Å²) in [7, 11) is 0. The zero-order valence-corrected chi connectivity index (χ0v) is 19.3. The maximum absolute atomic E-state index is 13.5. The van der Waals surface area contributed by atoms with Crippen LogP contribution in [-0.2, 0) is 13.0 Å². The van der Waals surface area contributed by atoms with Gasteiger partial charge in [-0.25, -0.2) is 4.79 Å². The molecule has 1 aromatic heterocycles. The number of imidazole rings is 1. The van der Waals surface area contributed by atoms with Crippen LogP contribution in [0.4, 0.5) is 0 Å². The van der Waals surface area contributed by atoms with Gasteiger partial charge in [-0.1, -0.05) is 75.2 Å². The highest BCUT2D eigenvalue weighted by Gasteiger charge is 2.34. The van der Waals surface area contributed by atoms with Gasteiger partial charge >= 0.3 is 5.69 Å². The molecule has 33 heavy (non-hydrogen) atoms. The summed E-state index contributed by atoms with van der Waals surface area (Å²) in [5.74, 6) is 0.922. The van der Waals surface area contributed by atoms with Crippen LogP contribution in [0, 0.1) is 0 Å². The largest absolute Gasteiger partial charge is 0.493 e. The lowest BCUT2D eigenvalue weighted by Crippen LogP contribution is -2.33. The van der Waals surface area contributed by atoms with Crippen molar-refractivity contribution in [3.05, 3.63) is 87.5 Å². The number of nitrogens with zero attached hydrogens (tertiary/aromatic N) is 2. The predicted molar refractivity (Wildman–Crippen MR) is 131 cm³/mol. The Bertz CT molecular complexity index is 1220. The summed E-state index contributed by atoms with van der Waals surface area (Å²) in [5.41, 5.74) is 4.91. The predicted octanol–water partition coefficient (Wildman–Crippen LogP) is 5.99. The highest BCUT2D eigenvalue weighted by atomic mass is 16.5. The minimum Gasteiger partial charge on any atom is -0.493 e. The summed E-state index contributed by atoms with van der Waals surface area (Å²) < 4.78 is 9.69. The van der Waals surface area contributed by atoms with Crippen LogP contribution in [-0.4, -0.2) is 14.2 Å². The zero-order valence-electron chi connectivity index (χ0n) is 19.3. The van der Waals surface area contributed by atoms with E-state index in [1.54, 1.807) is 4.57 Å². The van der Waals surface area contributed by atoms with Crippen molar-refractivity contribution in [2.45, 2.75) is 70.6 Å².